The van der Waals surface area contributed by atoms with Gasteiger partial charge in [-0.05, 0) is 24.8 Å². The molecule has 1 fully saturated rings. The Labute approximate surface area is 174 Å². The predicted octanol–water partition coefficient (Wildman–Crippen LogP) is 3.32. The quantitative estimate of drug-likeness (QED) is 0.372. The van der Waals surface area contributed by atoms with Crippen LogP contribution in [0.25, 0.3) is 9.88 Å². The summed E-state index contributed by atoms with van der Waals surface area (Å²) in [7, 11) is 1.29. The van der Waals surface area contributed by atoms with Crippen molar-refractivity contribution in [3.63, 3.8) is 0 Å². The van der Waals surface area contributed by atoms with E-state index in [2.05, 4.69) is 9.72 Å². The number of methoxy groups -OCH3 is 1. The highest BCUT2D eigenvalue weighted by Gasteiger charge is 2.27. The number of aryl methyl sites for hydroxylation is 1. The van der Waals surface area contributed by atoms with Crippen molar-refractivity contribution in [1.29, 1.82) is 0 Å². The van der Waals surface area contributed by atoms with E-state index >= 15 is 0 Å². The van der Waals surface area contributed by atoms with Crippen LogP contribution in [0.15, 0.2) is 28.6 Å². The number of aromatic nitrogens is 1. The van der Waals surface area contributed by atoms with Gasteiger partial charge in [-0.1, -0.05) is 17.8 Å². The topological polar surface area (TPSA) is 85.8 Å². The number of thiazole rings is 1. The molecule has 1 amide bonds. The number of carbonyl (C=O) groups excluding carboxylic acids is 3. The Balaban J connectivity index is 1.52. The Kier molecular flexibility index (Phi) is 6.87. The zero-order valence-electron chi connectivity index (χ0n) is 15.3. The smallest absolute Gasteiger partial charge is 0.350 e. The third-order valence-corrected chi connectivity index (χ3v) is 7.03. The molecule has 0 radical (unpaired) electrons. The monoisotopic (exact) mass is 438 g/mol. The SMILES string of the molecule is COC(=O)/C=C1/SCC(=O)N1CCCOC(=O)c1sc(-c2cccs2)nc1C. The minimum atomic E-state index is -0.504. The van der Waals surface area contributed by atoms with E-state index in [0.29, 0.717) is 28.6 Å². The first-order valence-electron chi connectivity index (χ1n) is 8.41. The van der Waals surface area contributed by atoms with Gasteiger partial charge in [-0.2, -0.15) is 0 Å². The third-order valence-electron chi connectivity index (χ3n) is 3.83. The van der Waals surface area contributed by atoms with Crippen molar-refractivity contribution in [3.8, 4) is 9.88 Å². The van der Waals surface area contributed by atoms with Crippen LogP contribution in [0.1, 0.15) is 21.8 Å². The Morgan fingerprint density at radius 3 is 2.93 bits per heavy atom. The molecule has 10 heteroatoms. The fourth-order valence-corrected chi connectivity index (χ4v) is 5.19. The van der Waals surface area contributed by atoms with E-state index in [1.165, 1.54) is 41.2 Å². The number of thiophene rings is 1. The third kappa shape index (κ3) is 4.81. The van der Waals surface area contributed by atoms with Gasteiger partial charge in [0.2, 0.25) is 5.91 Å². The normalized spacial score (nSPS) is 15.3. The van der Waals surface area contributed by atoms with E-state index in [1.54, 1.807) is 18.3 Å². The van der Waals surface area contributed by atoms with Gasteiger partial charge >= 0.3 is 11.9 Å². The standard InChI is InChI=1S/C18H18N2O5S3/c1-11-16(28-17(19-11)12-5-3-8-26-12)18(23)25-7-4-6-20-13(21)10-27-14(20)9-15(22)24-2/h3,5,8-9H,4,6-7,10H2,1-2H3/b14-9+. The summed E-state index contributed by atoms with van der Waals surface area (Å²) in [4.78, 5) is 43.2. The molecule has 3 heterocycles. The number of ether oxygens (including phenoxy) is 2. The number of hydrogen-bond donors (Lipinski definition) is 0. The first-order valence-corrected chi connectivity index (χ1v) is 11.1. The van der Waals surface area contributed by atoms with E-state index in [0.717, 1.165) is 9.88 Å². The zero-order valence-corrected chi connectivity index (χ0v) is 17.7. The van der Waals surface area contributed by atoms with Gasteiger partial charge in [-0.3, -0.25) is 4.79 Å². The fraction of sp³-hybridized carbons (Fsp3) is 0.333. The highest BCUT2D eigenvalue weighted by atomic mass is 32.2. The molecule has 28 heavy (non-hydrogen) atoms. The van der Waals surface area contributed by atoms with Crippen molar-refractivity contribution in [3.05, 3.63) is 39.2 Å². The summed E-state index contributed by atoms with van der Waals surface area (Å²) in [6, 6.07) is 3.90. The van der Waals surface area contributed by atoms with Crippen molar-refractivity contribution < 1.29 is 23.9 Å². The van der Waals surface area contributed by atoms with E-state index < -0.39 is 11.9 Å². The van der Waals surface area contributed by atoms with Crippen LogP contribution in [0, 0.1) is 6.92 Å². The summed E-state index contributed by atoms with van der Waals surface area (Å²) in [5.41, 5.74) is 0.646. The summed E-state index contributed by atoms with van der Waals surface area (Å²) in [6.07, 6.45) is 1.76. The van der Waals surface area contributed by atoms with Crippen LogP contribution in [0.3, 0.4) is 0 Å². The molecule has 1 saturated heterocycles. The average molecular weight is 439 g/mol. The van der Waals surface area contributed by atoms with Crippen LogP contribution in [0.5, 0.6) is 0 Å². The average Bonchev–Trinajstić information content (AvgIpc) is 3.40. The van der Waals surface area contributed by atoms with Crippen molar-refractivity contribution >= 4 is 52.3 Å². The van der Waals surface area contributed by atoms with Gasteiger partial charge in [0.05, 0.1) is 41.1 Å². The zero-order chi connectivity index (χ0) is 20.1. The van der Waals surface area contributed by atoms with Crippen molar-refractivity contribution in [1.82, 2.24) is 9.88 Å². The molecule has 0 unspecified atom stereocenters. The molecular weight excluding hydrogens is 420 g/mol. The maximum atomic E-state index is 12.4. The molecule has 1 aliphatic rings. The molecule has 0 aromatic carbocycles. The molecule has 2 aromatic rings. The maximum Gasteiger partial charge on any atom is 0.350 e. The number of esters is 2. The van der Waals surface area contributed by atoms with Crippen molar-refractivity contribution in [2.75, 3.05) is 26.0 Å². The Morgan fingerprint density at radius 2 is 2.21 bits per heavy atom. The lowest BCUT2D eigenvalue weighted by molar-refractivity contribution is -0.134. The maximum absolute atomic E-state index is 12.4. The highest BCUT2D eigenvalue weighted by molar-refractivity contribution is 8.04. The largest absolute Gasteiger partial charge is 0.466 e. The van der Waals surface area contributed by atoms with Gasteiger partial charge in [-0.15, -0.1) is 22.7 Å². The van der Waals surface area contributed by atoms with Crippen LogP contribution in [-0.2, 0) is 19.1 Å². The highest BCUT2D eigenvalue weighted by Crippen LogP contribution is 2.31. The Morgan fingerprint density at radius 1 is 1.39 bits per heavy atom. The van der Waals surface area contributed by atoms with E-state index in [1.807, 2.05) is 17.5 Å². The number of nitrogens with zero attached hydrogens (tertiary/aromatic N) is 2. The Bertz CT molecular complexity index is 904. The van der Waals surface area contributed by atoms with Crippen LogP contribution >= 0.6 is 34.4 Å². The first kappa shape index (κ1) is 20.6. The molecule has 3 rings (SSSR count). The molecule has 0 aliphatic carbocycles. The van der Waals surface area contributed by atoms with E-state index in [-0.39, 0.29) is 18.3 Å². The second-order valence-corrected chi connectivity index (χ2v) is 8.68. The van der Waals surface area contributed by atoms with Gasteiger partial charge in [0, 0.05) is 6.54 Å². The van der Waals surface area contributed by atoms with Crippen LogP contribution in [0.4, 0.5) is 0 Å². The van der Waals surface area contributed by atoms with Crippen LogP contribution < -0.4 is 0 Å². The van der Waals surface area contributed by atoms with Gasteiger partial charge < -0.3 is 14.4 Å². The second kappa shape index (κ2) is 9.35. The molecule has 0 saturated carbocycles. The number of rotatable bonds is 7. The lowest BCUT2D eigenvalue weighted by Gasteiger charge is -2.16. The number of hydrogen-bond acceptors (Lipinski definition) is 9. The molecule has 0 spiro atoms. The Hall–Kier alpha value is -2.17. The molecule has 0 bridgehead atoms. The number of carbonyl (C=O) groups is 3. The predicted molar refractivity (Wildman–Crippen MR) is 109 cm³/mol. The van der Waals surface area contributed by atoms with Crippen LogP contribution in [-0.4, -0.2) is 53.7 Å². The van der Waals surface area contributed by atoms with E-state index in [9.17, 15) is 14.4 Å². The lowest BCUT2D eigenvalue weighted by Crippen LogP contribution is -2.27. The summed E-state index contributed by atoms with van der Waals surface area (Å²) < 4.78 is 9.95. The van der Waals surface area contributed by atoms with Gasteiger partial charge in [0.15, 0.2) is 0 Å². The van der Waals surface area contributed by atoms with Gasteiger partial charge in [0.25, 0.3) is 0 Å². The molecule has 0 N–H and O–H groups in total. The minimum absolute atomic E-state index is 0.0784. The van der Waals surface area contributed by atoms with Gasteiger partial charge in [0.1, 0.15) is 9.88 Å². The summed E-state index contributed by atoms with van der Waals surface area (Å²) in [5.74, 6) is -0.708. The van der Waals surface area contributed by atoms with E-state index in [4.69, 9.17) is 4.74 Å². The summed E-state index contributed by atoms with van der Waals surface area (Å²) in [5, 5.41) is 3.32. The second-order valence-electron chi connectivity index (χ2n) is 5.74. The van der Waals surface area contributed by atoms with Crippen molar-refractivity contribution in [2.24, 2.45) is 0 Å². The molecule has 7 nitrogen and oxygen atoms in total. The summed E-state index contributed by atoms with van der Waals surface area (Å²) >= 11 is 4.17. The minimum Gasteiger partial charge on any atom is -0.466 e. The molecule has 0 atom stereocenters. The summed E-state index contributed by atoms with van der Waals surface area (Å²) in [6.45, 7) is 2.32. The lowest BCUT2D eigenvalue weighted by atomic mass is 10.3. The molecule has 2 aromatic heterocycles. The molecule has 1 aliphatic heterocycles. The van der Waals surface area contributed by atoms with Gasteiger partial charge in [-0.25, -0.2) is 14.6 Å². The number of amides is 1. The van der Waals surface area contributed by atoms with Crippen molar-refractivity contribution in [2.45, 2.75) is 13.3 Å². The molecule has 148 valence electrons. The molecular formula is C18H18N2O5S3. The van der Waals surface area contributed by atoms with Crippen LogP contribution in [0.2, 0.25) is 0 Å². The number of thioether (sulfide) groups is 1. The first-order chi connectivity index (χ1) is 13.5. The fourth-order valence-electron chi connectivity index (χ4n) is 2.47.